The molecule has 0 N–H and O–H groups in total. The van der Waals surface area contributed by atoms with Crippen LogP contribution in [0.4, 0.5) is 8.78 Å². The monoisotopic (exact) mass is 457 g/mol. The summed E-state index contributed by atoms with van der Waals surface area (Å²) in [4.78, 5) is 13.8. The first-order valence-electron chi connectivity index (χ1n) is 9.76. The molecule has 1 amide bonds. The van der Waals surface area contributed by atoms with Crippen LogP contribution in [0.5, 0.6) is 0 Å². The zero-order chi connectivity index (χ0) is 21.7. The molecule has 1 saturated heterocycles. The molecule has 1 saturated carbocycles. The summed E-state index contributed by atoms with van der Waals surface area (Å²) in [5.41, 5.74) is 1.57. The van der Waals surface area contributed by atoms with Crippen molar-refractivity contribution in [2.45, 2.75) is 41.8 Å². The lowest BCUT2D eigenvalue weighted by Gasteiger charge is -2.20. The van der Waals surface area contributed by atoms with Crippen LogP contribution < -0.4 is 0 Å². The molecule has 2 heterocycles. The van der Waals surface area contributed by atoms with Crippen molar-refractivity contribution in [1.29, 1.82) is 0 Å². The SMILES string of the molecule is Cn1cc(-c2ccc(S(=O)(=O)[C@@H]3CC[C@@H](C(=O)N4CCC(F)(F)C4)C3)c(Cl)c2)cn1. The molecule has 2 atom stereocenters. The number of hydrogen-bond donors (Lipinski definition) is 0. The molecule has 0 bridgehead atoms. The fourth-order valence-electron chi connectivity index (χ4n) is 4.29. The average Bonchev–Trinajstić information content (AvgIpc) is 3.40. The van der Waals surface area contributed by atoms with Gasteiger partial charge in [0.05, 0.1) is 27.9 Å². The summed E-state index contributed by atoms with van der Waals surface area (Å²) >= 11 is 6.32. The van der Waals surface area contributed by atoms with E-state index in [1.165, 1.54) is 6.07 Å². The van der Waals surface area contributed by atoms with Crippen LogP contribution in [0.2, 0.25) is 5.02 Å². The number of benzene rings is 1. The van der Waals surface area contributed by atoms with E-state index in [-0.39, 0.29) is 35.2 Å². The van der Waals surface area contributed by atoms with Crippen LogP contribution in [0.25, 0.3) is 11.1 Å². The number of aromatic nitrogens is 2. The van der Waals surface area contributed by atoms with Gasteiger partial charge < -0.3 is 4.90 Å². The van der Waals surface area contributed by atoms with Crippen molar-refractivity contribution < 1.29 is 22.0 Å². The van der Waals surface area contributed by atoms with Gasteiger partial charge in [-0.25, -0.2) is 17.2 Å². The fraction of sp³-hybridized carbons (Fsp3) is 0.500. The summed E-state index contributed by atoms with van der Waals surface area (Å²) in [6.07, 6.45) is 3.93. The highest BCUT2D eigenvalue weighted by atomic mass is 35.5. The van der Waals surface area contributed by atoms with E-state index in [4.69, 9.17) is 11.6 Å². The number of hydrogen-bond acceptors (Lipinski definition) is 4. The highest BCUT2D eigenvalue weighted by molar-refractivity contribution is 7.92. The molecule has 2 aliphatic rings. The van der Waals surface area contributed by atoms with E-state index in [2.05, 4.69) is 5.10 Å². The molecule has 1 aromatic carbocycles. The zero-order valence-corrected chi connectivity index (χ0v) is 18.0. The van der Waals surface area contributed by atoms with Gasteiger partial charge in [0.25, 0.3) is 5.92 Å². The van der Waals surface area contributed by atoms with Crippen molar-refractivity contribution in [2.75, 3.05) is 13.1 Å². The number of halogens is 3. The number of carbonyl (C=O) groups is 1. The largest absolute Gasteiger partial charge is 0.336 e. The second-order valence-electron chi connectivity index (χ2n) is 8.09. The highest BCUT2D eigenvalue weighted by Crippen LogP contribution is 2.39. The Morgan fingerprint density at radius 3 is 2.63 bits per heavy atom. The number of rotatable bonds is 4. The minimum absolute atomic E-state index is 0.0153. The average molecular weight is 458 g/mol. The quantitative estimate of drug-likeness (QED) is 0.703. The first-order chi connectivity index (χ1) is 14.1. The van der Waals surface area contributed by atoms with Gasteiger partial charge in [0.1, 0.15) is 0 Å². The van der Waals surface area contributed by atoms with Crippen LogP contribution in [0, 0.1) is 5.92 Å². The fourth-order valence-corrected chi connectivity index (χ4v) is 6.67. The van der Waals surface area contributed by atoms with Crippen LogP contribution in [0.3, 0.4) is 0 Å². The molecule has 1 aliphatic heterocycles. The molecule has 6 nitrogen and oxygen atoms in total. The third-order valence-corrected chi connectivity index (χ3v) is 8.63. The van der Waals surface area contributed by atoms with Crippen molar-refractivity contribution in [3.05, 3.63) is 35.6 Å². The van der Waals surface area contributed by atoms with Crippen molar-refractivity contribution in [3.63, 3.8) is 0 Å². The van der Waals surface area contributed by atoms with Gasteiger partial charge in [0, 0.05) is 37.7 Å². The predicted molar refractivity (Wildman–Crippen MR) is 108 cm³/mol. The van der Waals surface area contributed by atoms with Gasteiger partial charge in [-0.3, -0.25) is 9.48 Å². The normalized spacial score (nSPS) is 23.8. The number of likely N-dealkylation sites (tertiary alicyclic amines) is 1. The molecule has 30 heavy (non-hydrogen) atoms. The molecule has 4 rings (SSSR count). The Bertz CT molecular complexity index is 1090. The number of aryl methyl sites for hydroxylation is 1. The lowest BCUT2D eigenvalue weighted by Crippen LogP contribution is -2.35. The molecule has 0 radical (unpaired) electrons. The standard InChI is InChI=1S/C20H22ClF2N3O3S/c1-25-11-15(10-24-25)13-3-5-18(17(21)9-13)30(28,29)16-4-2-14(8-16)19(27)26-7-6-20(22,23)12-26/h3,5,9-11,14,16H,2,4,6-8,12H2,1H3/t14-,16-/m1/s1. The smallest absolute Gasteiger partial charge is 0.267 e. The number of nitrogens with zero attached hydrogens (tertiary/aromatic N) is 3. The van der Waals surface area contributed by atoms with Crippen molar-refractivity contribution in [3.8, 4) is 11.1 Å². The summed E-state index contributed by atoms with van der Waals surface area (Å²) in [6, 6.07) is 4.76. The maximum Gasteiger partial charge on any atom is 0.267 e. The Balaban J connectivity index is 1.50. The van der Waals surface area contributed by atoms with Gasteiger partial charge in [-0.2, -0.15) is 5.10 Å². The van der Waals surface area contributed by atoms with Crippen LogP contribution in [0.15, 0.2) is 35.5 Å². The molecule has 162 valence electrons. The molecular formula is C20H22ClF2N3O3S. The van der Waals surface area contributed by atoms with Crippen molar-refractivity contribution >= 4 is 27.3 Å². The Kier molecular flexibility index (Phi) is 5.38. The van der Waals surface area contributed by atoms with Crippen molar-refractivity contribution in [2.24, 2.45) is 13.0 Å². The van der Waals surface area contributed by atoms with E-state index < -0.39 is 33.5 Å². The molecule has 1 aromatic heterocycles. The summed E-state index contributed by atoms with van der Waals surface area (Å²) in [7, 11) is -1.96. The molecule has 2 aromatic rings. The molecular weight excluding hydrogens is 436 g/mol. The molecule has 0 spiro atoms. The number of carbonyl (C=O) groups excluding carboxylic acids is 1. The Morgan fingerprint density at radius 2 is 2.03 bits per heavy atom. The summed E-state index contributed by atoms with van der Waals surface area (Å²) in [6.45, 7) is -0.567. The number of alkyl halides is 2. The third kappa shape index (κ3) is 3.97. The number of sulfone groups is 1. The van der Waals surface area contributed by atoms with E-state index in [0.29, 0.717) is 12.8 Å². The van der Waals surface area contributed by atoms with E-state index in [1.54, 1.807) is 36.3 Å². The van der Waals surface area contributed by atoms with Crippen LogP contribution in [0.1, 0.15) is 25.7 Å². The summed E-state index contributed by atoms with van der Waals surface area (Å²) < 4.78 is 54.8. The molecule has 0 unspecified atom stereocenters. The third-order valence-electron chi connectivity index (χ3n) is 5.93. The lowest BCUT2D eigenvalue weighted by molar-refractivity contribution is -0.135. The minimum Gasteiger partial charge on any atom is -0.336 e. The van der Waals surface area contributed by atoms with Gasteiger partial charge in [0.2, 0.25) is 5.91 Å². The van der Waals surface area contributed by atoms with Crippen molar-refractivity contribution in [1.82, 2.24) is 14.7 Å². The van der Waals surface area contributed by atoms with Gasteiger partial charge in [-0.1, -0.05) is 17.7 Å². The molecule has 1 aliphatic carbocycles. The van der Waals surface area contributed by atoms with Gasteiger partial charge in [0.15, 0.2) is 9.84 Å². The summed E-state index contributed by atoms with van der Waals surface area (Å²) in [5, 5.41) is 3.46. The second kappa shape index (κ2) is 7.60. The van der Waals surface area contributed by atoms with Crippen LogP contribution in [-0.4, -0.2) is 53.3 Å². The lowest BCUT2D eigenvalue weighted by atomic mass is 10.1. The van der Waals surface area contributed by atoms with E-state index >= 15 is 0 Å². The zero-order valence-electron chi connectivity index (χ0n) is 16.4. The minimum atomic E-state index is -3.75. The Morgan fingerprint density at radius 1 is 1.27 bits per heavy atom. The molecule has 10 heteroatoms. The molecule has 2 fully saturated rings. The van der Waals surface area contributed by atoms with Gasteiger partial charge in [-0.15, -0.1) is 0 Å². The predicted octanol–water partition coefficient (Wildman–Crippen LogP) is 3.55. The van der Waals surface area contributed by atoms with E-state index in [9.17, 15) is 22.0 Å². The van der Waals surface area contributed by atoms with Gasteiger partial charge >= 0.3 is 0 Å². The maximum atomic E-state index is 13.4. The second-order valence-corrected chi connectivity index (χ2v) is 10.7. The Labute approximate surface area is 178 Å². The first kappa shape index (κ1) is 21.2. The topological polar surface area (TPSA) is 72.3 Å². The highest BCUT2D eigenvalue weighted by Gasteiger charge is 2.45. The van der Waals surface area contributed by atoms with E-state index in [1.807, 2.05) is 0 Å². The first-order valence-corrected chi connectivity index (χ1v) is 11.7. The Hall–Kier alpha value is -2.00. The number of amides is 1. The maximum absolute atomic E-state index is 13.4. The summed E-state index contributed by atoms with van der Waals surface area (Å²) in [5.74, 6) is -3.78. The van der Waals surface area contributed by atoms with Gasteiger partial charge in [-0.05, 0) is 37.0 Å². The van der Waals surface area contributed by atoms with E-state index in [0.717, 1.165) is 16.0 Å². The van der Waals surface area contributed by atoms with Crippen LogP contribution in [-0.2, 0) is 21.7 Å². The van der Waals surface area contributed by atoms with Crippen LogP contribution >= 0.6 is 11.6 Å².